The van der Waals surface area contributed by atoms with E-state index < -0.39 is 0 Å². The summed E-state index contributed by atoms with van der Waals surface area (Å²) in [4.78, 5) is 0. The molecule has 3 fully saturated rings. The highest BCUT2D eigenvalue weighted by Crippen LogP contribution is 2.40. The van der Waals surface area contributed by atoms with Crippen molar-refractivity contribution in [2.45, 2.75) is 69.4 Å². The lowest BCUT2D eigenvalue weighted by Gasteiger charge is -2.48. The van der Waals surface area contributed by atoms with Gasteiger partial charge in [0.2, 0.25) is 0 Å². The summed E-state index contributed by atoms with van der Waals surface area (Å²) < 4.78 is 6.29. The second kappa shape index (κ2) is 3.99. The van der Waals surface area contributed by atoms with Crippen LogP contribution in [0.1, 0.15) is 58.3 Å². The van der Waals surface area contributed by atoms with Crippen LogP contribution in [0.3, 0.4) is 0 Å². The number of hydrogen-bond donors (Lipinski definition) is 1. The first-order valence-corrected chi connectivity index (χ1v) is 7.11. The van der Waals surface area contributed by atoms with Crippen molar-refractivity contribution in [3.8, 4) is 0 Å². The first-order chi connectivity index (χ1) is 7.72. The average molecular weight is 223 g/mol. The molecule has 2 saturated carbocycles. The van der Waals surface area contributed by atoms with Gasteiger partial charge in [-0.1, -0.05) is 19.8 Å². The summed E-state index contributed by atoms with van der Waals surface area (Å²) in [7, 11) is 0. The van der Waals surface area contributed by atoms with E-state index in [-0.39, 0.29) is 5.60 Å². The molecule has 0 unspecified atom stereocenters. The smallest absolute Gasteiger partial charge is 0.0807 e. The molecular weight excluding hydrogens is 198 g/mol. The van der Waals surface area contributed by atoms with Gasteiger partial charge in [0.05, 0.1) is 12.2 Å². The fraction of sp³-hybridized carbons (Fsp3) is 1.00. The van der Waals surface area contributed by atoms with E-state index in [9.17, 15) is 0 Å². The number of hydrogen-bond acceptors (Lipinski definition) is 2. The molecule has 1 aliphatic heterocycles. The monoisotopic (exact) mass is 223 g/mol. The molecule has 2 heteroatoms. The van der Waals surface area contributed by atoms with Crippen LogP contribution in [0.4, 0.5) is 0 Å². The van der Waals surface area contributed by atoms with Crippen molar-refractivity contribution >= 4 is 0 Å². The van der Waals surface area contributed by atoms with Gasteiger partial charge >= 0.3 is 0 Å². The lowest BCUT2D eigenvalue weighted by molar-refractivity contribution is -0.114. The molecule has 92 valence electrons. The molecule has 0 radical (unpaired) electrons. The molecule has 0 aromatic carbocycles. The van der Waals surface area contributed by atoms with Crippen LogP contribution in [-0.2, 0) is 4.74 Å². The average Bonchev–Trinajstić information content (AvgIpc) is 2.76. The summed E-state index contributed by atoms with van der Waals surface area (Å²) >= 11 is 0. The molecule has 1 heterocycles. The van der Waals surface area contributed by atoms with Crippen molar-refractivity contribution in [1.82, 2.24) is 5.32 Å². The fourth-order valence-electron chi connectivity index (χ4n) is 3.72. The van der Waals surface area contributed by atoms with E-state index in [4.69, 9.17) is 4.74 Å². The zero-order chi connectivity index (χ0) is 11.1. The molecule has 0 amide bonds. The molecule has 2 spiro atoms. The normalized spacial score (nSPS) is 42.9. The maximum atomic E-state index is 6.29. The van der Waals surface area contributed by atoms with Crippen LogP contribution in [0.5, 0.6) is 0 Å². The fourth-order valence-corrected chi connectivity index (χ4v) is 3.72. The summed E-state index contributed by atoms with van der Waals surface area (Å²) in [5.41, 5.74) is 0.578. The highest BCUT2D eigenvalue weighted by molar-refractivity contribution is 5.01. The molecule has 16 heavy (non-hydrogen) atoms. The van der Waals surface area contributed by atoms with Gasteiger partial charge < -0.3 is 10.1 Å². The summed E-state index contributed by atoms with van der Waals surface area (Å²) in [6, 6.07) is 0. The Morgan fingerprint density at radius 2 is 1.75 bits per heavy atom. The number of nitrogens with one attached hydrogen (secondary N) is 1. The predicted molar refractivity (Wildman–Crippen MR) is 65.5 cm³/mol. The van der Waals surface area contributed by atoms with Gasteiger partial charge in [0, 0.05) is 12.1 Å². The third-order valence-corrected chi connectivity index (χ3v) is 5.19. The lowest BCUT2D eigenvalue weighted by Crippen LogP contribution is -2.62. The van der Waals surface area contributed by atoms with Gasteiger partial charge in [-0.15, -0.1) is 0 Å². The molecule has 0 bridgehead atoms. The van der Waals surface area contributed by atoms with Crippen LogP contribution in [0.2, 0.25) is 0 Å². The molecular formula is C14H25NO. The first kappa shape index (κ1) is 11.0. The number of morpholine rings is 1. The second-order valence-electron chi connectivity index (χ2n) is 6.50. The van der Waals surface area contributed by atoms with Gasteiger partial charge in [-0.05, 0) is 44.4 Å². The molecule has 1 N–H and O–H groups in total. The minimum absolute atomic E-state index is 0.230. The van der Waals surface area contributed by atoms with Crippen LogP contribution in [0.25, 0.3) is 0 Å². The highest BCUT2D eigenvalue weighted by atomic mass is 16.5. The molecule has 2 aliphatic carbocycles. The van der Waals surface area contributed by atoms with Crippen LogP contribution < -0.4 is 5.32 Å². The Morgan fingerprint density at radius 3 is 2.31 bits per heavy atom. The number of rotatable bonds is 0. The zero-order valence-corrected chi connectivity index (χ0v) is 10.6. The summed E-state index contributed by atoms with van der Waals surface area (Å²) in [5.74, 6) is 0.926. The van der Waals surface area contributed by atoms with E-state index in [0.717, 1.165) is 19.1 Å². The van der Waals surface area contributed by atoms with Crippen molar-refractivity contribution in [3.05, 3.63) is 0 Å². The Morgan fingerprint density at radius 1 is 1.06 bits per heavy atom. The van der Waals surface area contributed by atoms with Crippen molar-refractivity contribution in [3.63, 3.8) is 0 Å². The topological polar surface area (TPSA) is 21.3 Å². The highest BCUT2D eigenvalue weighted by Gasteiger charge is 2.45. The largest absolute Gasteiger partial charge is 0.372 e. The van der Waals surface area contributed by atoms with E-state index >= 15 is 0 Å². The second-order valence-corrected chi connectivity index (χ2v) is 6.50. The molecule has 0 aromatic rings. The Balaban J connectivity index is 1.61. The quantitative estimate of drug-likeness (QED) is 0.682. The number of ether oxygens (including phenoxy) is 1. The zero-order valence-electron chi connectivity index (χ0n) is 10.6. The maximum Gasteiger partial charge on any atom is 0.0807 e. The van der Waals surface area contributed by atoms with Crippen LogP contribution in [-0.4, -0.2) is 24.3 Å². The van der Waals surface area contributed by atoms with E-state index in [1.807, 2.05) is 0 Å². The van der Waals surface area contributed by atoms with Crippen LogP contribution in [0, 0.1) is 5.92 Å². The van der Waals surface area contributed by atoms with Gasteiger partial charge in [0.1, 0.15) is 0 Å². The van der Waals surface area contributed by atoms with Gasteiger partial charge in [0.25, 0.3) is 0 Å². The molecule has 3 rings (SSSR count). The van der Waals surface area contributed by atoms with Gasteiger partial charge in [-0.3, -0.25) is 0 Å². The van der Waals surface area contributed by atoms with Crippen molar-refractivity contribution in [1.29, 1.82) is 0 Å². The van der Waals surface area contributed by atoms with Gasteiger partial charge in [0.15, 0.2) is 0 Å². The molecule has 1 saturated heterocycles. The van der Waals surface area contributed by atoms with E-state index in [1.165, 1.54) is 51.4 Å². The van der Waals surface area contributed by atoms with Crippen LogP contribution >= 0.6 is 0 Å². The summed E-state index contributed by atoms with van der Waals surface area (Å²) in [6.45, 7) is 4.47. The molecule has 2 nitrogen and oxygen atoms in total. The lowest BCUT2D eigenvalue weighted by atomic mass is 9.76. The Labute approximate surface area is 99.1 Å². The summed E-state index contributed by atoms with van der Waals surface area (Å²) in [6.07, 6.45) is 10.7. The molecule has 0 atom stereocenters. The molecule has 0 aromatic heterocycles. The van der Waals surface area contributed by atoms with Gasteiger partial charge in [-0.2, -0.15) is 0 Å². The SMILES string of the molecule is CC1CCC2(CC1)COC1(CCCC1)CN2. The van der Waals surface area contributed by atoms with Crippen molar-refractivity contribution in [2.24, 2.45) is 5.92 Å². The minimum atomic E-state index is 0.230. The Kier molecular flexibility index (Phi) is 2.75. The maximum absolute atomic E-state index is 6.29. The minimum Gasteiger partial charge on any atom is -0.372 e. The van der Waals surface area contributed by atoms with Crippen molar-refractivity contribution in [2.75, 3.05) is 13.2 Å². The predicted octanol–water partition coefficient (Wildman–Crippen LogP) is 2.87. The van der Waals surface area contributed by atoms with Gasteiger partial charge in [-0.25, -0.2) is 0 Å². The standard InChI is InChI=1S/C14H25NO/c1-12-4-8-13(9-5-12)11-16-14(10-15-13)6-2-3-7-14/h12,15H,2-11H2,1H3. The third-order valence-electron chi connectivity index (χ3n) is 5.19. The molecule has 3 aliphatic rings. The summed E-state index contributed by atoms with van der Waals surface area (Å²) in [5, 5.41) is 3.86. The van der Waals surface area contributed by atoms with Crippen LogP contribution in [0.15, 0.2) is 0 Å². The first-order valence-electron chi connectivity index (χ1n) is 7.11. The van der Waals surface area contributed by atoms with Crippen molar-refractivity contribution < 1.29 is 4.74 Å². The van der Waals surface area contributed by atoms with E-state index in [0.29, 0.717) is 5.54 Å². The van der Waals surface area contributed by atoms with E-state index in [2.05, 4.69) is 12.2 Å². The Bertz CT molecular complexity index is 237. The van der Waals surface area contributed by atoms with E-state index in [1.54, 1.807) is 0 Å². The third kappa shape index (κ3) is 1.91. The Hall–Kier alpha value is -0.0800.